The Morgan fingerprint density at radius 1 is 0.398 bits per heavy atom. The van der Waals surface area contributed by atoms with Crippen LogP contribution in [0.25, 0.3) is 77.4 Å². The molecule has 11 rings (SSSR count). The third-order valence-corrected chi connectivity index (χ3v) is 14.2. The predicted octanol–water partition coefficient (Wildman–Crippen LogP) is 8.90. The lowest BCUT2D eigenvalue weighted by Crippen LogP contribution is -2.02. The number of hydrogen-bond donors (Lipinski definition) is 11. The number of halogens is 3. The molecule has 0 aliphatic carbocycles. The number of nitro groups is 2. The molecular formula is C60H54Cl3N13O12. The van der Waals surface area contributed by atoms with Gasteiger partial charge >= 0.3 is 0 Å². The highest BCUT2D eigenvalue weighted by atomic mass is 35.5. The van der Waals surface area contributed by atoms with E-state index in [0.29, 0.717) is 123 Å². The van der Waals surface area contributed by atoms with E-state index in [0.717, 1.165) is 16.6 Å². The zero-order chi connectivity index (χ0) is 63.3. The van der Waals surface area contributed by atoms with Gasteiger partial charge in [-0.15, -0.1) is 0 Å². The number of fused-ring (bicyclic) bond motifs is 4. The van der Waals surface area contributed by atoms with E-state index in [1.54, 1.807) is 80.8 Å². The summed E-state index contributed by atoms with van der Waals surface area (Å²) in [6, 6.07) is 33.2. The number of aliphatic hydroxyl groups is 8. The number of benzene rings is 7. The molecule has 0 saturated carbocycles. The number of nitrogens with two attached hydrogens (primary N) is 1. The SMILES string of the molecule is CNc1nc(-c2cccc(N)c2)c2cc(CO)c(CO)cc2n1.CNc1nc(-c2cccc([N+](=O)[O-])c2)c2cc(CO)c(CO)cc2n1.O=[N+]([O-])c1cccc(-c2nc(Cl)nc3cc(CO)c(CO)cc23)c1.OCc1cc2nc(Cl)nc(Cl)c2cc1CO. The second-order valence-electron chi connectivity index (χ2n) is 19.0. The Morgan fingerprint density at radius 3 is 1.06 bits per heavy atom. The van der Waals surface area contributed by atoms with Gasteiger partial charge in [0, 0.05) is 82.3 Å². The van der Waals surface area contributed by atoms with E-state index in [9.17, 15) is 50.9 Å². The third-order valence-electron chi connectivity index (χ3n) is 13.6. The van der Waals surface area contributed by atoms with Gasteiger partial charge < -0.3 is 57.2 Å². The van der Waals surface area contributed by atoms with Gasteiger partial charge in [0.05, 0.1) is 102 Å². The highest BCUT2D eigenvalue weighted by Crippen LogP contribution is 2.35. The van der Waals surface area contributed by atoms with Crippen molar-refractivity contribution in [3.8, 4) is 33.8 Å². The largest absolute Gasteiger partial charge is 0.399 e. The zero-order valence-electron chi connectivity index (χ0n) is 46.6. The van der Waals surface area contributed by atoms with Gasteiger partial charge in [0.2, 0.25) is 22.5 Å². The van der Waals surface area contributed by atoms with Crippen LogP contribution in [0.3, 0.4) is 0 Å². The summed E-state index contributed by atoms with van der Waals surface area (Å²) < 4.78 is 0. The van der Waals surface area contributed by atoms with Crippen LogP contribution >= 0.6 is 34.8 Å². The van der Waals surface area contributed by atoms with Crippen LogP contribution in [-0.2, 0) is 52.9 Å². The first-order valence-corrected chi connectivity index (χ1v) is 27.4. The van der Waals surface area contributed by atoms with Crippen LogP contribution in [0.1, 0.15) is 44.5 Å². The van der Waals surface area contributed by atoms with Crippen molar-refractivity contribution in [2.24, 2.45) is 0 Å². The lowest BCUT2D eigenvalue weighted by atomic mass is 10.0. The second kappa shape index (κ2) is 29.4. The van der Waals surface area contributed by atoms with Crippen LogP contribution in [0.2, 0.25) is 15.7 Å². The first kappa shape index (κ1) is 64.6. The third kappa shape index (κ3) is 14.7. The molecule has 28 heteroatoms. The summed E-state index contributed by atoms with van der Waals surface area (Å²) in [6.45, 7) is -1.64. The minimum Gasteiger partial charge on any atom is -0.399 e. The summed E-state index contributed by atoms with van der Waals surface area (Å²) >= 11 is 17.6. The van der Waals surface area contributed by atoms with Gasteiger partial charge in [-0.3, -0.25) is 20.2 Å². The van der Waals surface area contributed by atoms with Crippen LogP contribution in [0.15, 0.2) is 121 Å². The molecule has 4 heterocycles. The molecule has 0 fully saturated rings. The van der Waals surface area contributed by atoms with Crippen LogP contribution in [0.4, 0.5) is 29.0 Å². The molecule has 0 bridgehead atoms. The maximum absolute atomic E-state index is 11.1. The molecule has 7 aromatic carbocycles. The van der Waals surface area contributed by atoms with Gasteiger partial charge in [-0.2, -0.15) is 0 Å². The summed E-state index contributed by atoms with van der Waals surface area (Å²) in [6.07, 6.45) is 0. The van der Waals surface area contributed by atoms with Crippen LogP contribution in [-0.4, -0.2) is 105 Å². The summed E-state index contributed by atoms with van der Waals surface area (Å²) in [7, 11) is 3.42. The van der Waals surface area contributed by atoms with Gasteiger partial charge in [-0.05, 0) is 128 Å². The van der Waals surface area contributed by atoms with Crippen LogP contribution in [0.5, 0.6) is 0 Å². The van der Waals surface area contributed by atoms with E-state index in [4.69, 9.17) is 50.7 Å². The lowest BCUT2D eigenvalue weighted by molar-refractivity contribution is -0.385. The molecule has 4 aromatic heterocycles. The number of rotatable bonds is 15. The maximum atomic E-state index is 11.1. The van der Waals surface area contributed by atoms with Crippen molar-refractivity contribution in [2.45, 2.75) is 52.9 Å². The number of anilines is 3. The van der Waals surface area contributed by atoms with Gasteiger partial charge in [0.25, 0.3) is 11.4 Å². The highest BCUT2D eigenvalue weighted by molar-refractivity contribution is 6.35. The topological polar surface area (TPSA) is 401 Å². The molecular weight excluding hydrogens is 1200 g/mol. The highest BCUT2D eigenvalue weighted by Gasteiger charge is 2.19. The minimum absolute atomic E-state index is 0.00959. The number of aliphatic hydroxyl groups excluding tert-OH is 8. The molecule has 0 aliphatic rings. The molecule has 11 aromatic rings. The fourth-order valence-electron chi connectivity index (χ4n) is 9.24. The molecule has 0 saturated heterocycles. The van der Waals surface area contributed by atoms with Crippen molar-refractivity contribution in [2.75, 3.05) is 30.5 Å². The first-order valence-electron chi connectivity index (χ1n) is 26.3. The molecule has 0 unspecified atom stereocenters. The number of nitrogen functional groups attached to an aromatic ring is 1. The van der Waals surface area contributed by atoms with Gasteiger partial charge in [0.15, 0.2) is 0 Å². The van der Waals surface area contributed by atoms with Crippen molar-refractivity contribution >= 4 is 107 Å². The molecule has 12 N–H and O–H groups in total. The Bertz CT molecular complexity index is 4420. The average Bonchev–Trinajstić information content (AvgIpc) is 1.21. The van der Waals surface area contributed by atoms with E-state index in [-0.39, 0.29) is 80.0 Å². The summed E-state index contributed by atoms with van der Waals surface area (Å²) in [5, 5.41) is 106. The Hall–Kier alpha value is -9.35. The predicted molar refractivity (Wildman–Crippen MR) is 334 cm³/mol. The van der Waals surface area contributed by atoms with Crippen LogP contribution < -0.4 is 16.4 Å². The Balaban J connectivity index is 0.000000154. The van der Waals surface area contributed by atoms with Gasteiger partial charge in [0.1, 0.15) is 5.15 Å². The fourth-order valence-corrected chi connectivity index (χ4v) is 9.87. The van der Waals surface area contributed by atoms with Crippen molar-refractivity contribution in [3.05, 3.63) is 202 Å². The molecule has 88 heavy (non-hydrogen) atoms. The zero-order valence-corrected chi connectivity index (χ0v) is 48.9. The molecule has 0 spiro atoms. The standard InChI is InChI=1S/C17H16N4O4.C17H18N4O2.C16H12ClN3O4.C10H8Cl2N2O2/c1-18-17-19-15-7-12(9-23)11(8-22)6-14(15)16(20-17)10-3-2-4-13(5-10)21(24)25;1-19-17-20-15-7-12(9-23)11(8-22)6-14(15)16(21-17)10-3-2-4-13(18)5-10;17-16-18-14-6-11(8-22)10(7-21)5-13(14)15(19-16)9-2-1-3-12(4-9)20(23)24;11-9-7-1-5(3-15)6(4-16)2-8(7)13-10(12)14-9/h2-7,22-23H,8-9H2,1H3,(H,18,19,20);2-7,22-23H,8-9,18H2,1H3,(H,19,20,21);1-6,21-22H,7-8H2;1-2,15-16H,3-4H2. The van der Waals surface area contributed by atoms with E-state index in [1.807, 2.05) is 30.3 Å². The minimum atomic E-state index is -0.489. The summed E-state index contributed by atoms with van der Waals surface area (Å²) in [5.74, 6) is 0.838. The molecule has 0 radical (unpaired) electrons. The second-order valence-corrected chi connectivity index (χ2v) is 20.0. The van der Waals surface area contributed by atoms with Gasteiger partial charge in [-0.1, -0.05) is 48.0 Å². The normalized spacial score (nSPS) is 10.9. The van der Waals surface area contributed by atoms with Crippen molar-refractivity contribution in [1.29, 1.82) is 0 Å². The first-order chi connectivity index (χ1) is 42.4. The number of nitro benzene ring substituents is 2. The molecule has 0 atom stereocenters. The molecule has 0 aliphatic heterocycles. The molecule has 452 valence electrons. The average molecular weight is 1260 g/mol. The summed E-state index contributed by atoms with van der Waals surface area (Å²) in [5.41, 5.74) is 17.0. The monoisotopic (exact) mass is 1250 g/mol. The number of non-ortho nitro benzene ring substituents is 2. The molecule has 0 amide bonds. The summed E-state index contributed by atoms with van der Waals surface area (Å²) in [4.78, 5) is 55.0. The maximum Gasteiger partial charge on any atom is 0.270 e. The number of hydrogen-bond acceptors (Lipinski definition) is 23. The Morgan fingerprint density at radius 2 is 0.705 bits per heavy atom. The van der Waals surface area contributed by atoms with Crippen molar-refractivity contribution in [1.82, 2.24) is 39.9 Å². The van der Waals surface area contributed by atoms with Crippen LogP contribution in [0, 0.1) is 20.2 Å². The number of nitrogens with zero attached hydrogens (tertiary/aromatic N) is 10. The van der Waals surface area contributed by atoms with E-state index in [2.05, 4.69) is 50.5 Å². The fraction of sp³-hybridized carbons (Fsp3) is 0.167. The number of aromatic nitrogens is 8. The Labute approximate surface area is 514 Å². The molecule has 25 nitrogen and oxygen atoms in total. The smallest absolute Gasteiger partial charge is 0.270 e. The van der Waals surface area contributed by atoms with E-state index in [1.165, 1.54) is 24.3 Å². The lowest BCUT2D eigenvalue weighted by Gasteiger charge is -2.12. The van der Waals surface area contributed by atoms with Crippen molar-refractivity contribution < 1.29 is 50.7 Å². The van der Waals surface area contributed by atoms with E-state index < -0.39 is 9.85 Å². The Kier molecular flexibility index (Phi) is 21.6. The quantitative estimate of drug-likeness (QED) is 0.0150. The van der Waals surface area contributed by atoms with Gasteiger partial charge in [-0.25, -0.2) is 39.9 Å². The van der Waals surface area contributed by atoms with Crippen molar-refractivity contribution in [3.63, 3.8) is 0 Å². The van der Waals surface area contributed by atoms with E-state index >= 15 is 0 Å². The number of nitrogens with one attached hydrogen (secondary N) is 2.